The number of thiophene rings is 1. The van der Waals surface area contributed by atoms with Crippen LogP contribution in [0.2, 0.25) is 0 Å². The van der Waals surface area contributed by atoms with Crippen LogP contribution in [0.25, 0.3) is 0 Å². The Kier molecular flexibility index (Phi) is 6.64. The van der Waals surface area contributed by atoms with E-state index in [0.717, 1.165) is 0 Å². The van der Waals surface area contributed by atoms with E-state index >= 15 is 0 Å². The van der Waals surface area contributed by atoms with Crippen LogP contribution in [0.3, 0.4) is 0 Å². The summed E-state index contributed by atoms with van der Waals surface area (Å²) >= 11 is 1.32. The van der Waals surface area contributed by atoms with Crippen LogP contribution in [0, 0.1) is 5.82 Å². The first-order chi connectivity index (χ1) is 12.0. The van der Waals surface area contributed by atoms with Gasteiger partial charge < -0.3 is 4.74 Å². The maximum atomic E-state index is 12.8. The molecule has 2 rings (SSSR count). The third-order valence-electron chi connectivity index (χ3n) is 3.20. The molecule has 0 bridgehead atoms. The fraction of sp³-hybridized carbons (Fsp3) is 0.235. The Bertz CT molecular complexity index is 732. The third-order valence-corrected chi connectivity index (χ3v) is 4.11. The van der Waals surface area contributed by atoms with Crippen molar-refractivity contribution in [3.63, 3.8) is 0 Å². The van der Waals surface area contributed by atoms with Crippen molar-refractivity contribution in [1.82, 2.24) is 10.9 Å². The number of carbonyl (C=O) groups is 3. The zero-order chi connectivity index (χ0) is 18.2. The molecule has 1 heterocycles. The Morgan fingerprint density at radius 3 is 2.48 bits per heavy atom. The summed E-state index contributed by atoms with van der Waals surface area (Å²) in [4.78, 5) is 35.9. The number of halogens is 1. The summed E-state index contributed by atoms with van der Waals surface area (Å²) in [7, 11) is 0. The summed E-state index contributed by atoms with van der Waals surface area (Å²) in [6.45, 7) is 1.49. The van der Waals surface area contributed by atoms with Crippen molar-refractivity contribution in [2.24, 2.45) is 0 Å². The second-order valence-electron chi connectivity index (χ2n) is 5.15. The predicted octanol–water partition coefficient (Wildman–Crippen LogP) is 2.47. The highest BCUT2D eigenvalue weighted by atomic mass is 32.1. The molecular weight excluding hydrogens is 347 g/mol. The number of carbonyl (C=O) groups excluding carboxylic acids is 3. The van der Waals surface area contributed by atoms with E-state index < -0.39 is 23.7 Å². The lowest BCUT2D eigenvalue weighted by Crippen LogP contribution is -2.47. The highest BCUT2D eigenvalue weighted by Gasteiger charge is 2.16. The smallest absolute Gasteiger partial charge is 0.279 e. The van der Waals surface area contributed by atoms with E-state index in [2.05, 4.69) is 10.9 Å². The molecule has 0 unspecified atom stereocenters. The molecule has 25 heavy (non-hydrogen) atoms. The molecule has 0 aliphatic carbocycles. The Morgan fingerprint density at radius 1 is 1.12 bits per heavy atom. The first-order valence-electron chi connectivity index (χ1n) is 7.53. The van der Waals surface area contributed by atoms with E-state index in [4.69, 9.17) is 4.74 Å². The Morgan fingerprint density at radius 2 is 1.84 bits per heavy atom. The lowest BCUT2D eigenvalue weighted by molar-refractivity contribution is -0.132. The molecule has 132 valence electrons. The van der Waals surface area contributed by atoms with E-state index in [1.807, 2.05) is 0 Å². The van der Waals surface area contributed by atoms with E-state index in [1.54, 1.807) is 17.5 Å². The summed E-state index contributed by atoms with van der Waals surface area (Å²) in [6.07, 6.45) is -0.868. The fourth-order valence-corrected chi connectivity index (χ4v) is 2.55. The summed E-state index contributed by atoms with van der Waals surface area (Å²) in [5, 5.41) is 1.79. The molecule has 1 aromatic carbocycles. The number of nitrogens with one attached hydrogen (secondary N) is 2. The largest absolute Gasteiger partial charge is 0.481 e. The second kappa shape index (κ2) is 8.93. The first kappa shape index (κ1) is 18.6. The zero-order valence-corrected chi connectivity index (χ0v) is 14.3. The average Bonchev–Trinajstić information content (AvgIpc) is 3.14. The highest BCUT2D eigenvalue weighted by Crippen LogP contribution is 2.13. The van der Waals surface area contributed by atoms with Gasteiger partial charge in [0.25, 0.3) is 5.91 Å². The third kappa shape index (κ3) is 6.00. The standard InChI is InChI=1S/C17H17FN2O4S/c1-11(24-13-6-4-12(18)5-7-13)17(23)20-19-16(22)9-8-14(21)15-3-2-10-25-15/h2-7,10-11H,8-9H2,1H3,(H,19,22)(H,20,23)/t11-/m1/s1. The number of amides is 2. The fourth-order valence-electron chi connectivity index (χ4n) is 1.85. The van der Waals surface area contributed by atoms with Crippen molar-refractivity contribution >= 4 is 28.9 Å². The second-order valence-corrected chi connectivity index (χ2v) is 6.10. The van der Waals surface area contributed by atoms with E-state index in [0.29, 0.717) is 10.6 Å². The van der Waals surface area contributed by atoms with Crippen LogP contribution < -0.4 is 15.6 Å². The molecule has 0 aliphatic rings. The number of Topliss-reactive ketones (excluding diaryl/α,β-unsaturated/α-hetero) is 1. The lowest BCUT2D eigenvalue weighted by Gasteiger charge is -2.15. The molecule has 0 fully saturated rings. The number of benzene rings is 1. The van der Waals surface area contributed by atoms with Crippen LogP contribution >= 0.6 is 11.3 Å². The predicted molar refractivity (Wildman–Crippen MR) is 90.7 cm³/mol. The molecule has 6 nitrogen and oxygen atoms in total. The van der Waals surface area contributed by atoms with Gasteiger partial charge in [-0.2, -0.15) is 0 Å². The normalized spacial score (nSPS) is 11.4. The minimum Gasteiger partial charge on any atom is -0.481 e. The minimum atomic E-state index is -0.890. The average molecular weight is 364 g/mol. The molecule has 2 amide bonds. The van der Waals surface area contributed by atoms with Gasteiger partial charge in [-0.1, -0.05) is 6.07 Å². The van der Waals surface area contributed by atoms with Crippen LogP contribution in [0.4, 0.5) is 4.39 Å². The van der Waals surface area contributed by atoms with Crippen LogP contribution in [0.5, 0.6) is 5.75 Å². The van der Waals surface area contributed by atoms with Crippen molar-refractivity contribution in [3.8, 4) is 5.75 Å². The number of hydrogen-bond acceptors (Lipinski definition) is 5. The molecule has 0 aliphatic heterocycles. The van der Waals surface area contributed by atoms with Crippen LogP contribution in [-0.2, 0) is 9.59 Å². The molecule has 0 saturated carbocycles. The van der Waals surface area contributed by atoms with Crippen molar-refractivity contribution in [2.45, 2.75) is 25.9 Å². The molecule has 0 spiro atoms. The van der Waals surface area contributed by atoms with Crippen molar-refractivity contribution in [1.29, 1.82) is 0 Å². The van der Waals surface area contributed by atoms with Gasteiger partial charge in [0, 0.05) is 12.8 Å². The van der Waals surface area contributed by atoms with Crippen molar-refractivity contribution in [3.05, 3.63) is 52.5 Å². The summed E-state index contributed by atoms with van der Waals surface area (Å²) in [6, 6.07) is 8.68. The van der Waals surface area contributed by atoms with Gasteiger partial charge in [0.05, 0.1) is 4.88 Å². The lowest BCUT2D eigenvalue weighted by atomic mass is 10.2. The van der Waals surface area contributed by atoms with Gasteiger partial charge >= 0.3 is 0 Å². The number of rotatable bonds is 7. The van der Waals surface area contributed by atoms with Gasteiger partial charge in [0.2, 0.25) is 5.91 Å². The van der Waals surface area contributed by atoms with Gasteiger partial charge in [-0.05, 0) is 42.6 Å². The molecule has 0 radical (unpaired) electrons. The van der Waals surface area contributed by atoms with E-state index in [1.165, 1.54) is 42.5 Å². The monoisotopic (exact) mass is 364 g/mol. The van der Waals surface area contributed by atoms with Crippen molar-refractivity contribution in [2.75, 3.05) is 0 Å². The number of ether oxygens (including phenoxy) is 1. The van der Waals surface area contributed by atoms with Gasteiger partial charge in [0.1, 0.15) is 11.6 Å². The van der Waals surface area contributed by atoms with Crippen LogP contribution in [0.15, 0.2) is 41.8 Å². The highest BCUT2D eigenvalue weighted by molar-refractivity contribution is 7.12. The molecule has 1 atom stereocenters. The topological polar surface area (TPSA) is 84.5 Å². The molecule has 1 aromatic heterocycles. The van der Waals surface area contributed by atoms with E-state index in [9.17, 15) is 18.8 Å². The van der Waals surface area contributed by atoms with E-state index in [-0.39, 0.29) is 18.6 Å². The number of hydrogen-bond donors (Lipinski definition) is 2. The maximum Gasteiger partial charge on any atom is 0.279 e. The summed E-state index contributed by atoms with van der Waals surface area (Å²) in [5.41, 5.74) is 4.46. The maximum absolute atomic E-state index is 12.8. The van der Waals surface area contributed by atoms with Crippen LogP contribution in [0.1, 0.15) is 29.4 Å². The van der Waals surface area contributed by atoms with Crippen LogP contribution in [-0.4, -0.2) is 23.7 Å². The molecule has 0 saturated heterocycles. The zero-order valence-electron chi connectivity index (χ0n) is 13.5. The van der Waals surface area contributed by atoms with Gasteiger partial charge in [-0.15, -0.1) is 11.3 Å². The molecule has 8 heteroatoms. The Labute approximate surface area is 148 Å². The minimum absolute atomic E-state index is 0.0375. The van der Waals surface area contributed by atoms with Gasteiger partial charge in [-0.3, -0.25) is 25.2 Å². The Balaban J connectivity index is 1.70. The first-order valence-corrected chi connectivity index (χ1v) is 8.41. The Hall–Kier alpha value is -2.74. The summed E-state index contributed by atoms with van der Waals surface area (Å²) in [5.74, 6) is -1.25. The molecule has 2 aromatic rings. The molecular formula is C17H17FN2O4S. The van der Waals surface area contributed by atoms with Gasteiger partial charge in [0.15, 0.2) is 11.9 Å². The quantitative estimate of drug-likeness (QED) is 0.584. The van der Waals surface area contributed by atoms with Crippen molar-refractivity contribution < 1.29 is 23.5 Å². The molecule has 2 N–H and O–H groups in total. The SMILES string of the molecule is C[C@@H](Oc1ccc(F)cc1)C(=O)NNC(=O)CCC(=O)c1cccs1. The summed E-state index contributed by atoms with van der Waals surface area (Å²) < 4.78 is 18.1. The van der Waals surface area contributed by atoms with Gasteiger partial charge in [-0.25, -0.2) is 4.39 Å². The number of ketones is 1. The number of hydrazine groups is 1.